The van der Waals surface area contributed by atoms with E-state index in [2.05, 4.69) is 10.3 Å². The zero-order valence-electron chi connectivity index (χ0n) is 11.4. The lowest BCUT2D eigenvalue weighted by atomic mass is 10.1. The molecule has 0 radical (unpaired) electrons. The fourth-order valence-electron chi connectivity index (χ4n) is 3.03. The van der Waals surface area contributed by atoms with Crippen molar-refractivity contribution in [2.45, 2.75) is 25.0 Å². The van der Waals surface area contributed by atoms with Gasteiger partial charge < -0.3 is 4.74 Å². The van der Waals surface area contributed by atoms with Gasteiger partial charge in [0.1, 0.15) is 6.61 Å². The Bertz CT molecular complexity index is 475. The second-order valence-corrected chi connectivity index (χ2v) is 5.23. The zero-order valence-corrected chi connectivity index (χ0v) is 11.4. The van der Waals surface area contributed by atoms with Gasteiger partial charge in [0.2, 0.25) is 5.79 Å². The van der Waals surface area contributed by atoms with Gasteiger partial charge in [-0.05, 0) is 25.0 Å². The van der Waals surface area contributed by atoms with E-state index in [0.717, 1.165) is 31.6 Å². The number of hydrogen-bond acceptors (Lipinski definition) is 5. The SMILES string of the molecule is NNC1(N2CCCCC2)COC(=O)N1c1ccccc1. The minimum Gasteiger partial charge on any atom is -0.444 e. The predicted molar refractivity (Wildman–Crippen MR) is 75.7 cm³/mol. The summed E-state index contributed by atoms with van der Waals surface area (Å²) < 4.78 is 5.28. The van der Waals surface area contributed by atoms with E-state index in [4.69, 9.17) is 10.6 Å². The summed E-state index contributed by atoms with van der Waals surface area (Å²) in [4.78, 5) is 16.0. The fourth-order valence-corrected chi connectivity index (χ4v) is 3.03. The number of piperidine rings is 1. The maximum Gasteiger partial charge on any atom is 0.417 e. The van der Waals surface area contributed by atoms with Gasteiger partial charge in [0.25, 0.3) is 0 Å². The summed E-state index contributed by atoms with van der Waals surface area (Å²) >= 11 is 0. The highest BCUT2D eigenvalue weighted by Crippen LogP contribution is 2.32. The third-order valence-corrected chi connectivity index (χ3v) is 4.07. The molecule has 20 heavy (non-hydrogen) atoms. The van der Waals surface area contributed by atoms with E-state index in [-0.39, 0.29) is 12.7 Å². The molecule has 2 heterocycles. The highest BCUT2D eigenvalue weighted by molar-refractivity contribution is 5.91. The maximum atomic E-state index is 12.2. The lowest BCUT2D eigenvalue weighted by molar-refractivity contribution is 0.0279. The van der Waals surface area contributed by atoms with Crippen molar-refractivity contribution in [2.75, 3.05) is 24.6 Å². The van der Waals surface area contributed by atoms with Crippen LogP contribution in [0.5, 0.6) is 0 Å². The Labute approximate surface area is 118 Å². The van der Waals surface area contributed by atoms with Crippen LogP contribution in [-0.4, -0.2) is 36.5 Å². The number of rotatable bonds is 3. The van der Waals surface area contributed by atoms with Crippen molar-refractivity contribution in [1.82, 2.24) is 10.3 Å². The lowest BCUT2D eigenvalue weighted by Gasteiger charge is -2.45. The molecular weight excluding hydrogens is 256 g/mol. The second-order valence-electron chi connectivity index (χ2n) is 5.23. The first kappa shape index (κ1) is 13.4. The zero-order chi connectivity index (χ0) is 14.0. The van der Waals surface area contributed by atoms with Gasteiger partial charge in [-0.2, -0.15) is 0 Å². The largest absolute Gasteiger partial charge is 0.444 e. The number of likely N-dealkylation sites (tertiary alicyclic amines) is 1. The molecule has 1 atom stereocenters. The average molecular weight is 276 g/mol. The third-order valence-electron chi connectivity index (χ3n) is 4.07. The van der Waals surface area contributed by atoms with E-state index in [9.17, 15) is 4.79 Å². The number of ether oxygens (including phenoxy) is 1. The van der Waals surface area contributed by atoms with Crippen molar-refractivity contribution in [3.05, 3.63) is 30.3 Å². The first-order valence-corrected chi connectivity index (χ1v) is 7.03. The molecular formula is C14H20N4O2. The Kier molecular flexibility index (Phi) is 3.60. The number of hydrazine groups is 1. The van der Waals surface area contributed by atoms with Gasteiger partial charge in [0, 0.05) is 13.1 Å². The van der Waals surface area contributed by atoms with Crippen molar-refractivity contribution in [2.24, 2.45) is 5.84 Å². The molecule has 2 fully saturated rings. The van der Waals surface area contributed by atoms with Gasteiger partial charge in [-0.3, -0.25) is 10.7 Å². The smallest absolute Gasteiger partial charge is 0.417 e. The Morgan fingerprint density at radius 3 is 2.50 bits per heavy atom. The molecule has 0 aromatic heterocycles. The third kappa shape index (κ3) is 2.06. The molecule has 3 N–H and O–H groups in total. The van der Waals surface area contributed by atoms with E-state index in [1.807, 2.05) is 30.3 Å². The molecule has 1 amide bonds. The van der Waals surface area contributed by atoms with Crippen molar-refractivity contribution < 1.29 is 9.53 Å². The summed E-state index contributed by atoms with van der Waals surface area (Å²) in [6.07, 6.45) is 3.08. The van der Waals surface area contributed by atoms with Gasteiger partial charge in [0.05, 0.1) is 5.69 Å². The molecule has 2 aliphatic rings. The molecule has 6 nitrogen and oxygen atoms in total. The van der Waals surface area contributed by atoms with E-state index < -0.39 is 5.79 Å². The van der Waals surface area contributed by atoms with Crippen molar-refractivity contribution in [3.63, 3.8) is 0 Å². The Morgan fingerprint density at radius 1 is 1.15 bits per heavy atom. The van der Waals surface area contributed by atoms with Gasteiger partial charge in [-0.1, -0.05) is 24.6 Å². The molecule has 0 spiro atoms. The molecule has 0 aliphatic carbocycles. The predicted octanol–water partition coefficient (Wildman–Crippen LogP) is 1.25. The van der Waals surface area contributed by atoms with E-state index in [0.29, 0.717) is 0 Å². The molecule has 0 bridgehead atoms. The number of benzene rings is 1. The van der Waals surface area contributed by atoms with Crippen molar-refractivity contribution >= 4 is 11.8 Å². The quantitative estimate of drug-likeness (QED) is 0.642. The number of para-hydroxylation sites is 1. The molecule has 2 saturated heterocycles. The van der Waals surface area contributed by atoms with Crippen LogP contribution in [0.15, 0.2) is 30.3 Å². The van der Waals surface area contributed by atoms with E-state index >= 15 is 0 Å². The van der Waals surface area contributed by atoms with Crippen molar-refractivity contribution in [3.8, 4) is 0 Å². The minimum absolute atomic E-state index is 0.233. The molecule has 108 valence electrons. The molecule has 2 aliphatic heterocycles. The van der Waals surface area contributed by atoms with Crippen LogP contribution in [0.3, 0.4) is 0 Å². The lowest BCUT2D eigenvalue weighted by Crippen LogP contribution is -2.71. The first-order valence-electron chi connectivity index (χ1n) is 7.03. The van der Waals surface area contributed by atoms with Crippen LogP contribution in [0.4, 0.5) is 10.5 Å². The van der Waals surface area contributed by atoms with Crippen LogP contribution in [0.1, 0.15) is 19.3 Å². The Hall–Kier alpha value is -1.63. The van der Waals surface area contributed by atoms with Gasteiger partial charge in [-0.25, -0.2) is 15.1 Å². The number of anilines is 1. The van der Waals surface area contributed by atoms with E-state index in [1.165, 1.54) is 6.42 Å². The highest BCUT2D eigenvalue weighted by Gasteiger charge is 2.52. The number of nitrogens with two attached hydrogens (primary N) is 1. The van der Waals surface area contributed by atoms with Crippen LogP contribution in [0.25, 0.3) is 0 Å². The summed E-state index contributed by atoms with van der Waals surface area (Å²) in [6, 6.07) is 9.51. The summed E-state index contributed by atoms with van der Waals surface area (Å²) in [6.45, 7) is 2.05. The number of hydrogen-bond donors (Lipinski definition) is 2. The van der Waals surface area contributed by atoms with Crippen LogP contribution in [0.2, 0.25) is 0 Å². The van der Waals surface area contributed by atoms with Gasteiger partial charge >= 0.3 is 6.09 Å². The minimum atomic E-state index is -0.779. The average Bonchev–Trinajstić information content (AvgIpc) is 2.87. The Balaban J connectivity index is 1.97. The molecule has 0 saturated carbocycles. The summed E-state index contributed by atoms with van der Waals surface area (Å²) in [5.41, 5.74) is 3.62. The topological polar surface area (TPSA) is 70.8 Å². The van der Waals surface area contributed by atoms with Crippen LogP contribution >= 0.6 is 0 Å². The molecule has 6 heteroatoms. The van der Waals surface area contributed by atoms with Crippen LogP contribution < -0.4 is 16.2 Å². The number of nitrogens with one attached hydrogen (secondary N) is 1. The van der Waals surface area contributed by atoms with Crippen molar-refractivity contribution in [1.29, 1.82) is 0 Å². The van der Waals surface area contributed by atoms with Gasteiger partial charge in [-0.15, -0.1) is 0 Å². The van der Waals surface area contributed by atoms with E-state index in [1.54, 1.807) is 4.90 Å². The first-order chi connectivity index (χ1) is 9.78. The number of carbonyl (C=O) groups excluding carboxylic acids is 1. The monoisotopic (exact) mass is 276 g/mol. The van der Waals surface area contributed by atoms with Crippen LogP contribution in [-0.2, 0) is 4.74 Å². The maximum absolute atomic E-state index is 12.2. The fraction of sp³-hybridized carbons (Fsp3) is 0.500. The summed E-state index contributed by atoms with van der Waals surface area (Å²) in [5, 5.41) is 0. The normalized spacial score (nSPS) is 27.6. The van der Waals surface area contributed by atoms with Gasteiger partial charge in [0.15, 0.2) is 0 Å². The number of carbonyl (C=O) groups is 1. The second kappa shape index (κ2) is 5.40. The summed E-state index contributed by atoms with van der Waals surface area (Å²) in [7, 11) is 0. The number of amides is 1. The highest BCUT2D eigenvalue weighted by atomic mass is 16.6. The molecule has 1 aromatic carbocycles. The standard InChI is InChI=1S/C14H20N4O2/c15-16-14(17-9-5-2-6-10-17)11-20-13(19)18(14)12-7-3-1-4-8-12/h1,3-4,7-8,16H,2,5-6,9-11,15H2. The molecule has 1 unspecified atom stereocenters. The number of cyclic esters (lactones) is 1. The Morgan fingerprint density at radius 2 is 1.85 bits per heavy atom. The summed E-state index contributed by atoms with van der Waals surface area (Å²) in [5.74, 6) is 5.05. The number of nitrogens with zero attached hydrogens (tertiary/aromatic N) is 2. The van der Waals surface area contributed by atoms with Crippen LogP contribution in [0, 0.1) is 0 Å². The molecule has 1 aromatic rings. The molecule has 3 rings (SSSR count).